The largest absolute Gasteiger partial charge is 0.368 e. The quantitative estimate of drug-likeness (QED) is 0.697. The van der Waals surface area contributed by atoms with Crippen molar-refractivity contribution in [1.82, 2.24) is 4.90 Å². The molecule has 0 aromatic heterocycles. The first-order valence-corrected chi connectivity index (χ1v) is 5.54. The van der Waals surface area contributed by atoms with Gasteiger partial charge in [-0.1, -0.05) is 0 Å². The molecule has 1 unspecified atom stereocenters. The number of nitrogens with zero attached hydrogens (tertiary/aromatic N) is 1. The van der Waals surface area contributed by atoms with Crippen LogP contribution in [0.2, 0.25) is 0 Å². The van der Waals surface area contributed by atoms with Crippen LogP contribution in [-0.4, -0.2) is 49.4 Å². The van der Waals surface area contributed by atoms with Crippen molar-refractivity contribution in [3.05, 3.63) is 0 Å². The summed E-state index contributed by atoms with van der Waals surface area (Å²) in [6, 6.07) is -0.0615. The number of carbonyl (C=O) groups excluding carboxylic acids is 1. The smallest absolute Gasteiger partial charge is 0.234 e. The molecule has 2 N–H and O–H groups in total. The Morgan fingerprint density at radius 1 is 1.40 bits per heavy atom. The van der Waals surface area contributed by atoms with Gasteiger partial charge in [0.15, 0.2) is 6.29 Å². The van der Waals surface area contributed by atoms with Gasteiger partial charge in [-0.2, -0.15) is 0 Å². The highest BCUT2D eigenvalue weighted by molar-refractivity contribution is 5.80. The molecule has 0 aromatic rings. The van der Waals surface area contributed by atoms with Gasteiger partial charge in [0.1, 0.15) is 0 Å². The second-order valence-corrected chi connectivity index (χ2v) is 4.06. The van der Waals surface area contributed by atoms with Gasteiger partial charge < -0.3 is 15.2 Å². The summed E-state index contributed by atoms with van der Waals surface area (Å²) < 4.78 is 10.9. The standard InChI is InChI=1S/C10H18N2O3/c11-10(13)8-2-4-12(8)5-3-9-14-6-1-7-15-9/h8-9H,1-7H2,(H2,11,13). The van der Waals surface area contributed by atoms with Crippen LogP contribution in [0.25, 0.3) is 0 Å². The first-order valence-electron chi connectivity index (χ1n) is 5.54. The molecule has 0 saturated carbocycles. The summed E-state index contributed by atoms with van der Waals surface area (Å²) >= 11 is 0. The van der Waals surface area contributed by atoms with Crippen LogP contribution in [0.4, 0.5) is 0 Å². The van der Waals surface area contributed by atoms with E-state index >= 15 is 0 Å². The van der Waals surface area contributed by atoms with Crippen LogP contribution in [0.15, 0.2) is 0 Å². The molecular formula is C10H18N2O3. The van der Waals surface area contributed by atoms with Crippen LogP contribution < -0.4 is 5.73 Å². The van der Waals surface area contributed by atoms with Crippen molar-refractivity contribution in [2.24, 2.45) is 5.73 Å². The highest BCUT2D eigenvalue weighted by atomic mass is 16.7. The van der Waals surface area contributed by atoms with Gasteiger partial charge >= 0.3 is 0 Å². The summed E-state index contributed by atoms with van der Waals surface area (Å²) in [6.07, 6.45) is 2.60. The van der Waals surface area contributed by atoms with E-state index in [2.05, 4.69) is 4.90 Å². The lowest BCUT2D eigenvalue weighted by atomic mass is 10.0. The van der Waals surface area contributed by atoms with Crippen molar-refractivity contribution < 1.29 is 14.3 Å². The first-order chi connectivity index (χ1) is 7.27. The summed E-state index contributed by atoms with van der Waals surface area (Å²) in [5.74, 6) is -0.216. The lowest BCUT2D eigenvalue weighted by molar-refractivity contribution is -0.184. The number of hydrogen-bond donors (Lipinski definition) is 1. The average molecular weight is 214 g/mol. The fraction of sp³-hybridized carbons (Fsp3) is 0.900. The van der Waals surface area contributed by atoms with E-state index in [0.717, 1.165) is 45.6 Å². The predicted molar refractivity (Wildman–Crippen MR) is 54.1 cm³/mol. The van der Waals surface area contributed by atoms with Gasteiger partial charge in [0, 0.05) is 19.5 Å². The summed E-state index contributed by atoms with van der Waals surface area (Å²) in [6.45, 7) is 3.35. The molecule has 86 valence electrons. The molecule has 1 amide bonds. The van der Waals surface area contributed by atoms with Gasteiger partial charge in [0.05, 0.1) is 19.3 Å². The Morgan fingerprint density at radius 3 is 2.67 bits per heavy atom. The Balaban J connectivity index is 1.67. The van der Waals surface area contributed by atoms with Crippen LogP contribution >= 0.6 is 0 Å². The molecule has 0 spiro atoms. The molecule has 5 heteroatoms. The van der Waals surface area contributed by atoms with E-state index in [0.29, 0.717) is 0 Å². The van der Waals surface area contributed by atoms with E-state index in [9.17, 15) is 4.79 Å². The molecule has 15 heavy (non-hydrogen) atoms. The van der Waals surface area contributed by atoms with Gasteiger partial charge in [0.2, 0.25) is 5.91 Å². The summed E-state index contributed by atoms with van der Waals surface area (Å²) in [4.78, 5) is 13.0. The topological polar surface area (TPSA) is 64.8 Å². The third-order valence-electron chi connectivity index (χ3n) is 3.01. The molecule has 0 radical (unpaired) electrons. The minimum Gasteiger partial charge on any atom is -0.368 e. The van der Waals surface area contributed by atoms with Crippen LogP contribution in [-0.2, 0) is 14.3 Å². The highest BCUT2D eigenvalue weighted by Crippen LogP contribution is 2.18. The highest BCUT2D eigenvalue weighted by Gasteiger charge is 2.32. The zero-order chi connectivity index (χ0) is 10.7. The zero-order valence-electron chi connectivity index (χ0n) is 8.85. The minimum absolute atomic E-state index is 0.0615. The number of nitrogens with two attached hydrogens (primary N) is 1. The molecule has 2 aliphatic heterocycles. The molecule has 2 saturated heterocycles. The number of rotatable bonds is 4. The minimum atomic E-state index is -0.216. The molecule has 0 aromatic carbocycles. The maximum Gasteiger partial charge on any atom is 0.234 e. The number of carbonyl (C=O) groups is 1. The fourth-order valence-electron chi connectivity index (χ4n) is 2.01. The molecule has 2 heterocycles. The predicted octanol–water partition coefficient (Wildman–Crippen LogP) is -0.301. The van der Waals surface area contributed by atoms with Crippen molar-refractivity contribution in [3.63, 3.8) is 0 Å². The van der Waals surface area contributed by atoms with Gasteiger partial charge in [0.25, 0.3) is 0 Å². The Hall–Kier alpha value is -0.650. The van der Waals surface area contributed by atoms with E-state index in [1.807, 2.05) is 0 Å². The number of primary amides is 1. The molecular weight excluding hydrogens is 196 g/mol. The van der Waals surface area contributed by atoms with Crippen LogP contribution in [0.1, 0.15) is 19.3 Å². The first kappa shape index (κ1) is 10.9. The number of likely N-dealkylation sites (tertiary alicyclic amines) is 1. The number of hydrogen-bond acceptors (Lipinski definition) is 4. The molecule has 2 rings (SSSR count). The lowest BCUT2D eigenvalue weighted by Gasteiger charge is -2.39. The normalized spacial score (nSPS) is 28.7. The maximum absolute atomic E-state index is 11.0. The van der Waals surface area contributed by atoms with Gasteiger partial charge in [-0.15, -0.1) is 0 Å². The Labute approximate surface area is 89.5 Å². The molecule has 0 aliphatic carbocycles. The van der Waals surface area contributed by atoms with Crippen molar-refractivity contribution in [1.29, 1.82) is 0 Å². The number of ether oxygens (including phenoxy) is 2. The molecule has 2 aliphatic rings. The van der Waals surface area contributed by atoms with E-state index in [-0.39, 0.29) is 18.2 Å². The second-order valence-electron chi connectivity index (χ2n) is 4.06. The Kier molecular flexibility index (Phi) is 3.56. The maximum atomic E-state index is 11.0. The summed E-state index contributed by atoms with van der Waals surface area (Å²) in [5.41, 5.74) is 5.25. The van der Waals surface area contributed by atoms with Crippen LogP contribution in [0.3, 0.4) is 0 Å². The molecule has 1 atom stereocenters. The van der Waals surface area contributed by atoms with Crippen molar-refractivity contribution >= 4 is 5.91 Å². The van der Waals surface area contributed by atoms with E-state index in [1.165, 1.54) is 0 Å². The summed E-state index contributed by atoms with van der Waals surface area (Å²) in [7, 11) is 0. The van der Waals surface area contributed by atoms with Crippen molar-refractivity contribution in [3.8, 4) is 0 Å². The second kappa shape index (κ2) is 4.92. The van der Waals surface area contributed by atoms with Gasteiger partial charge in [-0.05, 0) is 12.8 Å². The average Bonchev–Trinajstić information content (AvgIpc) is 2.17. The van der Waals surface area contributed by atoms with Crippen LogP contribution in [0.5, 0.6) is 0 Å². The van der Waals surface area contributed by atoms with E-state index in [4.69, 9.17) is 15.2 Å². The Bertz CT molecular complexity index is 229. The van der Waals surface area contributed by atoms with Crippen LogP contribution in [0, 0.1) is 0 Å². The van der Waals surface area contributed by atoms with E-state index < -0.39 is 0 Å². The van der Waals surface area contributed by atoms with E-state index in [1.54, 1.807) is 0 Å². The van der Waals surface area contributed by atoms with Crippen molar-refractivity contribution in [2.75, 3.05) is 26.3 Å². The lowest BCUT2D eigenvalue weighted by Crippen LogP contribution is -2.55. The SMILES string of the molecule is NC(=O)C1CCN1CCC1OCCCO1. The Morgan fingerprint density at radius 2 is 2.13 bits per heavy atom. The molecule has 2 fully saturated rings. The fourth-order valence-corrected chi connectivity index (χ4v) is 2.01. The monoisotopic (exact) mass is 214 g/mol. The molecule has 5 nitrogen and oxygen atoms in total. The third kappa shape index (κ3) is 2.68. The van der Waals surface area contributed by atoms with Gasteiger partial charge in [-0.3, -0.25) is 9.69 Å². The third-order valence-corrected chi connectivity index (χ3v) is 3.01. The number of amides is 1. The zero-order valence-corrected chi connectivity index (χ0v) is 8.85. The summed E-state index contributed by atoms with van der Waals surface area (Å²) in [5, 5.41) is 0. The van der Waals surface area contributed by atoms with Crippen molar-refractivity contribution in [2.45, 2.75) is 31.6 Å². The van der Waals surface area contributed by atoms with Gasteiger partial charge in [-0.25, -0.2) is 0 Å². The molecule has 0 bridgehead atoms.